The molecular formula is C29H43N9O5. The molecule has 0 radical (unpaired) electrons. The van der Waals surface area contributed by atoms with Crippen LogP contribution in [-0.2, 0) is 32.0 Å². The maximum atomic E-state index is 13.6. The number of fused-ring (bicyclic) bond motifs is 1. The molecule has 234 valence electrons. The van der Waals surface area contributed by atoms with Crippen LogP contribution in [0.15, 0.2) is 43.0 Å². The summed E-state index contributed by atoms with van der Waals surface area (Å²) in [6.07, 6.45) is 7.83. The minimum absolute atomic E-state index is 0.0829. The van der Waals surface area contributed by atoms with Gasteiger partial charge in [0.05, 0.1) is 12.4 Å². The lowest BCUT2D eigenvalue weighted by atomic mass is 10.0. The number of carbonyl (C=O) groups excluding carboxylic acids is 3. The Bertz CT molecular complexity index is 1330. The zero-order valence-electron chi connectivity index (χ0n) is 24.2. The van der Waals surface area contributed by atoms with Crippen molar-refractivity contribution >= 4 is 34.6 Å². The first-order chi connectivity index (χ1) is 20.7. The van der Waals surface area contributed by atoms with E-state index in [1.807, 2.05) is 24.3 Å². The zero-order chi connectivity index (χ0) is 31.2. The van der Waals surface area contributed by atoms with E-state index >= 15 is 0 Å². The van der Waals surface area contributed by atoms with Crippen molar-refractivity contribution in [3.63, 3.8) is 0 Å². The smallest absolute Gasteiger partial charge is 0.326 e. The number of nitrogens with one attached hydrogen (secondary N) is 5. The maximum Gasteiger partial charge on any atom is 0.326 e. The number of carbonyl (C=O) groups is 4. The van der Waals surface area contributed by atoms with Gasteiger partial charge in [-0.05, 0) is 63.2 Å². The lowest BCUT2D eigenvalue weighted by Gasteiger charge is -2.25. The maximum absolute atomic E-state index is 13.6. The molecule has 0 saturated carbocycles. The van der Waals surface area contributed by atoms with Crippen LogP contribution in [0.25, 0.3) is 10.9 Å². The Labute approximate surface area is 249 Å². The number of nitrogens with two attached hydrogens (primary N) is 3. The number of amides is 3. The molecule has 3 amide bonds. The first-order valence-corrected chi connectivity index (χ1v) is 14.5. The number of para-hydroxylation sites is 1. The van der Waals surface area contributed by atoms with Crippen LogP contribution in [-0.4, -0.2) is 81.0 Å². The number of aromatic nitrogens is 3. The Hall–Kier alpha value is -4.27. The molecule has 43 heavy (non-hydrogen) atoms. The lowest BCUT2D eigenvalue weighted by Crippen LogP contribution is -2.57. The number of imidazole rings is 1. The standard InChI is InChI=1S/C29H43N9O5/c30-11-5-3-9-23(36-26(39)21(32)14-19-16-33-17-35-19)27(40)38-25(13-18-15-34-22-8-2-1-7-20(18)22)28(41)37-24(29(42)43)10-4-6-12-31/h1-2,7-8,15-17,21,23-25,34H,3-6,9-14,30-32H2,(H,33,35)(H,36,39)(H,37,41)(H,38,40)(H,42,43). The molecule has 4 unspecified atom stereocenters. The highest BCUT2D eigenvalue weighted by Gasteiger charge is 2.31. The van der Waals surface area contributed by atoms with E-state index in [1.54, 1.807) is 12.4 Å². The number of unbranched alkanes of at least 4 members (excludes halogenated alkanes) is 2. The number of carboxylic acid groups (broad SMARTS) is 1. The van der Waals surface area contributed by atoms with Crippen molar-refractivity contribution in [3.8, 4) is 0 Å². The van der Waals surface area contributed by atoms with E-state index in [9.17, 15) is 24.3 Å². The number of aromatic amines is 2. The number of benzene rings is 1. The number of hydrogen-bond donors (Lipinski definition) is 9. The fourth-order valence-electron chi connectivity index (χ4n) is 4.79. The van der Waals surface area contributed by atoms with Crippen LogP contribution in [0.4, 0.5) is 0 Å². The Kier molecular flexibility index (Phi) is 13.1. The summed E-state index contributed by atoms with van der Waals surface area (Å²) in [4.78, 5) is 62.0. The van der Waals surface area contributed by atoms with E-state index in [4.69, 9.17) is 17.2 Å². The van der Waals surface area contributed by atoms with Gasteiger partial charge in [-0.25, -0.2) is 9.78 Å². The molecular weight excluding hydrogens is 554 g/mol. The van der Waals surface area contributed by atoms with E-state index in [0.29, 0.717) is 44.5 Å². The van der Waals surface area contributed by atoms with Gasteiger partial charge in [0.2, 0.25) is 17.7 Å². The third-order valence-corrected chi connectivity index (χ3v) is 7.20. The molecule has 3 aromatic rings. The van der Waals surface area contributed by atoms with Gasteiger partial charge in [-0.3, -0.25) is 14.4 Å². The van der Waals surface area contributed by atoms with Gasteiger partial charge in [-0.2, -0.15) is 0 Å². The fraction of sp³-hybridized carbons (Fsp3) is 0.483. The van der Waals surface area contributed by atoms with Crippen LogP contribution in [0.5, 0.6) is 0 Å². The summed E-state index contributed by atoms with van der Waals surface area (Å²) in [7, 11) is 0. The number of aliphatic carboxylic acids is 1. The molecule has 0 aliphatic rings. The van der Waals surface area contributed by atoms with Gasteiger partial charge in [0, 0.05) is 41.8 Å². The molecule has 0 aliphatic heterocycles. The number of H-pyrrole nitrogens is 2. The number of rotatable bonds is 19. The molecule has 0 aliphatic carbocycles. The highest BCUT2D eigenvalue weighted by Crippen LogP contribution is 2.19. The topological polar surface area (TPSA) is 247 Å². The van der Waals surface area contributed by atoms with E-state index < -0.39 is 47.9 Å². The monoisotopic (exact) mass is 597 g/mol. The summed E-state index contributed by atoms with van der Waals surface area (Å²) in [5.41, 5.74) is 19.6. The van der Waals surface area contributed by atoms with Gasteiger partial charge >= 0.3 is 5.97 Å². The van der Waals surface area contributed by atoms with Crippen LogP contribution < -0.4 is 33.2 Å². The van der Waals surface area contributed by atoms with E-state index in [2.05, 4.69) is 30.9 Å². The van der Waals surface area contributed by atoms with Crippen molar-refractivity contribution in [2.24, 2.45) is 17.2 Å². The minimum atomic E-state index is -1.18. The third kappa shape index (κ3) is 10.2. The van der Waals surface area contributed by atoms with Crippen LogP contribution >= 0.6 is 0 Å². The first kappa shape index (κ1) is 33.2. The number of carboxylic acids is 1. The summed E-state index contributed by atoms with van der Waals surface area (Å²) in [5, 5.41) is 18.7. The molecule has 2 aromatic heterocycles. The average molecular weight is 598 g/mol. The Morgan fingerprint density at radius 2 is 1.44 bits per heavy atom. The first-order valence-electron chi connectivity index (χ1n) is 14.5. The molecule has 12 N–H and O–H groups in total. The highest BCUT2D eigenvalue weighted by atomic mass is 16.4. The number of hydrogen-bond acceptors (Lipinski definition) is 8. The van der Waals surface area contributed by atoms with Gasteiger partial charge in [-0.15, -0.1) is 0 Å². The summed E-state index contributed by atoms with van der Waals surface area (Å²) >= 11 is 0. The van der Waals surface area contributed by atoms with Crippen molar-refractivity contribution in [3.05, 3.63) is 54.2 Å². The molecule has 14 nitrogen and oxygen atoms in total. The average Bonchev–Trinajstić information content (AvgIpc) is 3.65. The third-order valence-electron chi connectivity index (χ3n) is 7.20. The summed E-state index contributed by atoms with van der Waals surface area (Å²) in [5.74, 6) is -2.96. The van der Waals surface area contributed by atoms with Crippen LogP contribution in [0.3, 0.4) is 0 Å². The Morgan fingerprint density at radius 3 is 2.09 bits per heavy atom. The Morgan fingerprint density at radius 1 is 0.814 bits per heavy atom. The van der Waals surface area contributed by atoms with Crippen molar-refractivity contribution in [2.75, 3.05) is 13.1 Å². The second kappa shape index (κ2) is 17.0. The predicted octanol–water partition coefficient (Wildman–Crippen LogP) is -0.199. The summed E-state index contributed by atoms with van der Waals surface area (Å²) in [6.45, 7) is 0.816. The van der Waals surface area contributed by atoms with Crippen molar-refractivity contribution in [1.82, 2.24) is 30.9 Å². The minimum Gasteiger partial charge on any atom is -0.480 e. The Balaban J connectivity index is 1.80. The quantitative estimate of drug-likeness (QED) is 0.0829. The molecule has 4 atom stereocenters. The molecule has 3 rings (SSSR count). The van der Waals surface area contributed by atoms with E-state index in [0.717, 1.165) is 16.5 Å². The molecule has 0 saturated heterocycles. The van der Waals surface area contributed by atoms with Gasteiger partial charge in [0.25, 0.3) is 0 Å². The molecule has 14 heteroatoms. The summed E-state index contributed by atoms with van der Waals surface area (Å²) < 4.78 is 0. The van der Waals surface area contributed by atoms with E-state index in [1.165, 1.54) is 6.33 Å². The van der Waals surface area contributed by atoms with Crippen molar-refractivity contribution in [2.45, 2.75) is 75.5 Å². The highest BCUT2D eigenvalue weighted by molar-refractivity contribution is 5.95. The van der Waals surface area contributed by atoms with Gasteiger partial charge in [0.1, 0.15) is 18.1 Å². The number of nitrogens with zero attached hydrogens (tertiary/aromatic N) is 1. The molecule has 0 bridgehead atoms. The van der Waals surface area contributed by atoms with Crippen molar-refractivity contribution in [1.29, 1.82) is 0 Å². The molecule has 1 aromatic carbocycles. The van der Waals surface area contributed by atoms with Crippen LogP contribution in [0.1, 0.15) is 49.8 Å². The fourth-order valence-corrected chi connectivity index (χ4v) is 4.79. The SMILES string of the molecule is NCCCCC(NC(=O)C(Cc1c[nH]c2ccccc12)NC(=O)C(CCCCN)NC(=O)C(N)Cc1cnc[nH]1)C(=O)O. The van der Waals surface area contributed by atoms with Crippen LogP contribution in [0, 0.1) is 0 Å². The largest absolute Gasteiger partial charge is 0.480 e. The van der Waals surface area contributed by atoms with E-state index in [-0.39, 0.29) is 25.7 Å². The summed E-state index contributed by atoms with van der Waals surface area (Å²) in [6, 6.07) is 3.30. The molecule has 0 fully saturated rings. The lowest BCUT2D eigenvalue weighted by molar-refractivity contribution is -0.142. The van der Waals surface area contributed by atoms with Gasteiger partial charge in [-0.1, -0.05) is 18.2 Å². The van der Waals surface area contributed by atoms with Crippen molar-refractivity contribution < 1.29 is 24.3 Å². The second-order valence-electron chi connectivity index (χ2n) is 10.5. The predicted molar refractivity (Wildman–Crippen MR) is 162 cm³/mol. The molecule has 0 spiro atoms. The van der Waals surface area contributed by atoms with Gasteiger partial charge < -0.3 is 48.2 Å². The normalized spacial score (nSPS) is 14.0. The van der Waals surface area contributed by atoms with Gasteiger partial charge in [0.15, 0.2) is 0 Å². The zero-order valence-corrected chi connectivity index (χ0v) is 24.2. The molecule has 2 heterocycles. The van der Waals surface area contributed by atoms with Crippen LogP contribution in [0.2, 0.25) is 0 Å². The second-order valence-corrected chi connectivity index (χ2v) is 10.5.